The molecule has 0 bridgehead atoms. The minimum absolute atomic E-state index is 0.0150. The Hall–Kier alpha value is -1.45. The van der Waals surface area contributed by atoms with Crippen LogP contribution in [0, 0.1) is 5.41 Å². The van der Waals surface area contributed by atoms with Crippen LogP contribution >= 0.6 is 0 Å². The third kappa shape index (κ3) is 2.14. The zero-order valence-electron chi connectivity index (χ0n) is 8.75. The third-order valence-corrected chi connectivity index (χ3v) is 3.16. The lowest BCUT2D eigenvalue weighted by molar-refractivity contribution is 0.0663. The Labute approximate surface area is 88.3 Å². The second kappa shape index (κ2) is 3.61. The number of hydrogen-bond acceptors (Lipinski definition) is 3. The fraction of sp³-hybridized carbons (Fsp3) is 0.545. The zero-order valence-corrected chi connectivity index (χ0v) is 8.75. The van der Waals surface area contributed by atoms with Crippen molar-refractivity contribution in [2.45, 2.75) is 26.2 Å². The van der Waals surface area contributed by atoms with Gasteiger partial charge in [0.25, 0.3) is 0 Å². The van der Waals surface area contributed by atoms with Gasteiger partial charge in [0.05, 0.1) is 0 Å². The number of carbonyl (C=O) groups is 1. The Morgan fingerprint density at radius 1 is 1.60 bits per heavy atom. The van der Waals surface area contributed by atoms with E-state index >= 15 is 0 Å². The Balaban J connectivity index is 1.91. The number of rotatable bonds is 5. The van der Waals surface area contributed by atoms with E-state index in [1.54, 1.807) is 6.07 Å². The quantitative estimate of drug-likeness (QED) is 0.782. The first-order valence-electron chi connectivity index (χ1n) is 5.22. The monoisotopic (exact) mass is 209 g/mol. The summed E-state index contributed by atoms with van der Waals surface area (Å²) >= 11 is 0. The lowest BCUT2D eigenvalue weighted by Crippen LogP contribution is -2.13. The molecule has 1 saturated carbocycles. The molecule has 4 nitrogen and oxygen atoms in total. The van der Waals surface area contributed by atoms with E-state index in [0.29, 0.717) is 11.3 Å². The summed E-state index contributed by atoms with van der Waals surface area (Å²) in [6.07, 6.45) is 3.67. The van der Waals surface area contributed by atoms with E-state index in [-0.39, 0.29) is 5.76 Å². The lowest BCUT2D eigenvalue weighted by Gasteiger charge is -2.12. The fourth-order valence-electron chi connectivity index (χ4n) is 1.65. The molecule has 2 N–H and O–H groups in total. The largest absolute Gasteiger partial charge is 0.475 e. The van der Waals surface area contributed by atoms with Crippen molar-refractivity contribution in [3.05, 3.63) is 17.9 Å². The van der Waals surface area contributed by atoms with Crippen LogP contribution in [0.2, 0.25) is 0 Å². The molecule has 0 saturated heterocycles. The minimum Gasteiger partial charge on any atom is -0.475 e. The molecule has 15 heavy (non-hydrogen) atoms. The molecule has 1 heterocycles. The predicted molar refractivity (Wildman–Crippen MR) is 56.1 cm³/mol. The summed E-state index contributed by atoms with van der Waals surface area (Å²) in [5.74, 6) is -0.495. The van der Waals surface area contributed by atoms with Crippen LogP contribution in [0.5, 0.6) is 0 Å². The summed E-state index contributed by atoms with van der Waals surface area (Å²) in [4.78, 5) is 10.6. The van der Waals surface area contributed by atoms with Crippen LogP contribution in [0.25, 0.3) is 0 Å². The molecule has 0 amide bonds. The van der Waals surface area contributed by atoms with E-state index < -0.39 is 5.97 Å². The second-order valence-corrected chi connectivity index (χ2v) is 4.18. The topological polar surface area (TPSA) is 62.5 Å². The standard InChI is InChI=1S/C11H15NO3/c1-2-11(5-6-11)7-12-9-4-3-8(15-9)10(13)14/h3-4,12H,2,5-7H2,1H3,(H,13,14). The van der Waals surface area contributed by atoms with Gasteiger partial charge in [-0.05, 0) is 30.7 Å². The molecule has 2 rings (SSSR count). The maximum atomic E-state index is 10.6. The Bertz CT molecular complexity index is 366. The zero-order chi connectivity index (χ0) is 10.9. The summed E-state index contributed by atoms with van der Waals surface area (Å²) in [7, 11) is 0. The average Bonchev–Trinajstić information content (AvgIpc) is 2.85. The van der Waals surface area contributed by atoms with Crippen LogP contribution in [-0.4, -0.2) is 17.6 Å². The van der Waals surface area contributed by atoms with Gasteiger partial charge in [-0.1, -0.05) is 6.92 Å². The summed E-state index contributed by atoms with van der Waals surface area (Å²) < 4.78 is 5.10. The van der Waals surface area contributed by atoms with Crippen LogP contribution in [0.1, 0.15) is 36.7 Å². The van der Waals surface area contributed by atoms with E-state index in [1.807, 2.05) is 0 Å². The van der Waals surface area contributed by atoms with Crippen molar-refractivity contribution in [3.63, 3.8) is 0 Å². The van der Waals surface area contributed by atoms with Crippen LogP contribution in [0.15, 0.2) is 16.5 Å². The molecular weight excluding hydrogens is 194 g/mol. The fourth-order valence-corrected chi connectivity index (χ4v) is 1.65. The maximum absolute atomic E-state index is 10.6. The van der Waals surface area contributed by atoms with Gasteiger partial charge < -0.3 is 14.8 Å². The highest BCUT2D eigenvalue weighted by Crippen LogP contribution is 2.48. The molecule has 82 valence electrons. The first kappa shape index (κ1) is 10.1. The van der Waals surface area contributed by atoms with Gasteiger partial charge in [-0.15, -0.1) is 0 Å². The number of nitrogens with one attached hydrogen (secondary N) is 1. The smallest absolute Gasteiger partial charge is 0.371 e. The summed E-state index contributed by atoms with van der Waals surface area (Å²) in [6, 6.07) is 3.13. The summed E-state index contributed by atoms with van der Waals surface area (Å²) in [5.41, 5.74) is 0.427. The number of furan rings is 1. The van der Waals surface area contributed by atoms with Crippen LogP contribution in [-0.2, 0) is 0 Å². The maximum Gasteiger partial charge on any atom is 0.371 e. The molecule has 1 aliphatic carbocycles. The summed E-state index contributed by atoms with van der Waals surface area (Å²) in [6.45, 7) is 3.05. The van der Waals surface area contributed by atoms with Crippen LogP contribution < -0.4 is 5.32 Å². The molecule has 1 aromatic rings. The summed E-state index contributed by atoms with van der Waals surface area (Å²) in [5, 5.41) is 11.8. The van der Waals surface area contributed by atoms with Crippen LogP contribution in [0.3, 0.4) is 0 Å². The lowest BCUT2D eigenvalue weighted by atomic mass is 10.0. The SMILES string of the molecule is CCC1(CNc2ccc(C(=O)O)o2)CC1. The molecule has 0 atom stereocenters. The third-order valence-electron chi connectivity index (χ3n) is 3.16. The molecular formula is C11H15NO3. The van der Waals surface area contributed by atoms with Gasteiger partial charge >= 0.3 is 5.97 Å². The van der Waals surface area contributed by atoms with Crippen molar-refractivity contribution in [1.82, 2.24) is 0 Å². The minimum atomic E-state index is -1.03. The molecule has 0 aliphatic heterocycles. The predicted octanol–water partition coefficient (Wildman–Crippen LogP) is 2.58. The molecule has 1 aromatic heterocycles. The number of anilines is 1. The van der Waals surface area contributed by atoms with Crippen LogP contribution in [0.4, 0.5) is 5.88 Å². The molecule has 0 aromatic carbocycles. The Morgan fingerprint density at radius 3 is 2.80 bits per heavy atom. The van der Waals surface area contributed by atoms with Crippen molar-refractivity contribution in [2.75, 3.05) is 11.9 Å². The normalized spacial score (nSPS) is 17.4. The van der Waals surface area contributed by atoms with Crippen molar-refractivity contribution in [2.24, 2.45) is 5.41 Å². The number of aromatic carboxylic acids is 1. The highest BCUT2D eigenvalue weighted by Gasteiger charge is 2.40. The van der Waals surface area contributed by atoms with Crippen molar-refractivity contribution in [3.8, 4) is 0 Å². The van der Waals surface area contributed by atoms with Crippen molar-refractivity contribution in [1.29, 1.82) is 0 Å². The Morgan fingerprint density at radius 2 is 2.33 bits per heavy atom. The van der Waals surface area contributed by atoms with Crippen molar-refractivity contribution >= 4 is 11.9 Å². The highest BCUT2D eigenvalue weighted by atomic mass is 16.4. The average molecular weight is 209 g/mol. The van der Waals surface area contributed by atoms with E-state index in [9.17, 15) is 4.79 Å². The van der Waals surface area contributed by atoms with Gasteiger partial charge in [-0.3, -0.25) is 0 Å². The molecule has 0 spiro atoms. The second-order valence-electron chi connectivity index (χ2n) is 4.18. The molecule has 0 unspecified atom stereocenters. The molecule has 0 radical (unpaired) electrons. The first-order chi connectivity index (χ1) is 7.15. The first-order valence-corrected chi connectivity index (χ1v) is 5.22. The molecule has 4 heteroatoms. The molecule has 1 fully saturated rings. The Kier molecular flexibility index (Phi) is 2.42. The van der Waals surface area contributed by atoms with Gasteiger partial charge in [0, 0.05) is 12.6 Å². The van der Waals surface area contributed by atoms with Gasteiger partial charge in [0.2, 0.25) is 5.76 Å². The van der Waals surface area contributed by atoms with E-state index in [4.69, 9.17) is 9.52 Å². The van der Waals surface area contributed by atoms with E-state index in [0.717, 1.165) is 13.0 Å². The highest BCUT2D eigenvalue weighted by molar-refractivity contribution is 5.84. The molecule has 1 aliphatic rings. The number of carboxylic acid groups (broad SMARTS) is 1. The number of carboxylic acids is 1. The number of hydrogen-bond donors (Lipinski definition) is 2. The van der Waals surface area contributed by atoms with Gasteiger partial charge in [-0.25, -0.2) is 4.79 Å². The van der Waals surface area contributed by atoms with Crippen molar-refractivity contribution < 1.29 is 14.3 Å². The van der Waals surface area contributed by atoms with E-state index in [1.165, 1.54) is 18.9 Å². The van der Waals surface area contributed by atoms with Gasteiger partial charge in [-0.2, -0.15) is 0 Å². The van der Waals surface area contributed by atoms with E-state index in [2.05, 4.69) is 12.2 Å². The van der Waals surface area contributed by atoms with Gasteiger partial charge in [0.1, 0.15) is 0 Å². The van der Waals surface area contributed by atoms with Gasteiger partial charge in [0.15, 0.2) is 5.88 Å².